The summed E-state index contributed by atoms with van der Waals surface area (Å²) in [5, 5.41) is 6.24. The number of guanidine groups is 1. The van der Waals surface area contributed by atoms with Crippen LogP contribution in [0.5, 0.6) is 0 Å². The van der Waals surface area contributed by atoms with E-state index in [1.165, 1.54) is 0 Å². The Morgan fingerprint density at radius 2 is 2.11 bits per heavy atom. The van der Waals surface area contributed by atoms with Gasteiger partial charge in [-0.25, -0.2) is 0 Å². The van der Waals surface area contributed by atoms with E-state index in [0.717, 1.165) is 76.8 Å². The normalized spacial score (nSPS) is 20.7. The van der Waals surface area contributed by atoms with E-state index in [9.17, 15) is 4.79 Å². The molecule has 8 heteroatoms. The fourth-order valence-corrected chi connectivity index (χ4v) is 3.68. The maximum Gasteiger partial charge on any atom is 0.220 e. The summed E-state index contributed by atoms with van der Waals surface area (Å²) in [6.07, 6.45) is 6.32. The highest BCUT2D eigenvalue weighted by Crippen LogP contribution is 2.21. The van der Waals surface area contributed by atoms with Crippen LogP contribution in [0, 0.1) is 11.8 Å². The van der Waals surface area contributed by atoms with Crippen LogP contribution in [0.4, 0.5) is 0 Å². The first-order valence-corrected chi connectivity index (χ1v) is 10.1. The zero-order valence-corrected chi connectivity index (χ0v) is 19.0. The van der Waals surface area contributed by atoms with Gasteiger partial charge in [0, 0.05) is 58.6 Å². The van der Waals surface area contributed by atoms with Gasteiger partial charge in [-0.1, -0.05) is 0 Å². The summed E-state index contributed by atoms with van der Waals surface area (Å²) in [7, 11) is 1.71. The van der Waals surface area contributed by atoms with Gasteiger partial charge in [-0.2, -0.15) is 0 Å². The molecule has 0 bridgehead atoms. The predicted octanol–water partition coefficient (Wildman–Crippen LogP) is 2.27. The number of carbonyl (C=O) groups excluding carboxylic acids is 1. The number of amides is 1. The number of ether oxygens (including phenoxy) is 1. The molecule has 7 nitrogen and oxygen atoms in total. The Bertz CT molecular complexity index is 595. The van der Waals surface area contributed by atoms with Crippen molar-refractivity contribution in [3.63, 3.8) is 0 Å². The van der Waals surface area contributed by atoms with Gasteiger partial charge in [0.15, 0.2) is 5.96 Å². The fourth-order valence-electron chi connectivity index (χ4n) is 3.68. The molecule has 0 aromatic carbocycles. The summed E-state index contributed by atoms with van der Waals surface area (Å²) >= 11 is 0. The van der Waals surface area contributed by atoms with Crippen molar-refractivity contribution >= 4 is 35.8 Å². The van der Waals surface area contributed by atoms with Gasteiger partial charge < -0.3 is 24.7 Å². The highest BCUT2D eigenvalue weighted by atomic mass is 127. The lowest BCUT2D eigenvalue weighted by molar-refractivity contribution is -0.121. The number of piperidine rings is 1. The van der Waals surface area contributed by atoms with Crippen molar-refractivity contribution in [2.45, 2.75) is 32.1 Å². The number of nitrogens with one attached hydrogen (secondary N) is 2. The van der Waals surface area contributed by atoms with Gasteiger partial charge in [-0.05, 0) is 37.3 Å². The molecule has 0 spiro atoms. The van der Waals surface area contributed by atoms with E-state index < -0.39 is 0 Å². The van der Waals surface area contributed by atoms with E-state index in [-0.39, 0.29) is 29.9 Å². The number of likely N-dealkylation sites (tertiary alicyclic amines) is 1. The third-order valence-corrected chi connectivity index (χ3v) is 5.42. The van der Waals surface area contributed by atoms with Crippen molar-refractivity contribution < 1.29 is 13.9 Å². The van der Waals surface area contributed by atoms with Gasteiger partial charge in [0.25, 0.3) is 0 Å². The van der Waals surface area contributed by atoms with Gasteiger partial charge in [0.05, 0.1) is 12.9 Å². The van der Waals surface area contributed by atoms with E-state index in [4.69, 9.17) is 14.1 Å². The Hall–Kier alpha value is -1.29. The molecule has 3 heterocycles. The van der Waals surface area contributed by atoms with Crippen LogP contribution in [-0.4, -0.2) is 63.2 Å². The molecule has 28 heavy (non-hydrogen) atoms. The van der Waals surface area contributed by atoms with Gasteiger partial charge in [0.2, 0.25) is 5.91 Å². The smallest absolute Gasteiger partial charge is 0.220 e. The molecule has 1 unspecified atom stereocenters. The van der Waals surface area contributed by atoms with Crippen molar-refractivity contribution in [2.24, 2.45) is 16.8 Å². The SMILES string of the molecule is CNC(=O)CC1CCN(C(=NCC2CCOC2)NCCc2ccco2)CC1.I. The van der Waals surface area contributed by atoms with E-state index in [1.54, 1.807) is 13.3 Å². The van der Waals surface area contributed by atoms with Crippen LogP contribution in [0.15, 0.2) is 27.8 Å². The Labute approximate surface area is 184 Å². The van der Waals surface area contributed by atoms with Crippen LogP contribution in [0.25, 0.3) is 0 Å². The van der Waals surface area contributed by atoms with Crippen LogP contribution >= 0.6 is 24.0 Å². The Balaban J connectivity index is 0.00000280. The van der Waals surface area contributed by atoms with Crippen molar-refractivity contribution in [1.82, 2.24) is 15.5 Å². The first-order chi connectivity index (χ1) is 13.2. The summed E-state index contributed by atoms with van der Waals surface area (Å²) in [6, 6.07) is 3.92. The quantitative estimate of drug-likeness (QED) is 0.339. The topological polar surface area (TPSA) is 79.1 Å². The summed E-state index contributed by atoms with van der Waals surface area (Å²) in [6.45, 7) is 5.15. The van der Waals surface area contributed by atoms with Crippen LogP contribution in [0.1, 0.15) is 31.4 Å². The molecule has 1 aromatic rings. The minimum absolute atomic E-state index is 0. The molecule has 2 saturated heterocycles. The van der Waals surface area contributed by atoms with Gasteiger partial charge in [-0.15, -0.1) is 24.0 Å². The third-order valence-electron chi connectivity index (χ3n) is 5.42. The number of furan rings is 1. The van der Waals surface area contributed by atoms with E-state index in [2.05, 4.69) is 15.5 Å². The molecule has 1 atom stereocenters. The number of carbonyl (C=O) groups is 1. The monoisotopic (exact) mass is 504 g/mol. The van der Waals surface area contributed by atoms with Gasteiger partial charge in [-0.3, -0.25) is 9.79 Å². The summed E-state index contributed by atoms with van der Waals surface area (Å²) in [5.74, 6) is 3.09. The molecule has 1 amide bonds. The van der Waals surface area contributed by atoms with Crippen LogP contribution in [0.3, 0.4) is 0 Å². The molecule has 0 saturated carbocycles. The van der Waals surface area contributed by atoms with Crippen molar-refractivity contribution in [3.05, 3.63) is 24.2 Å². The second kappa shape index (κ2) is 12.3. The fraction of sp³-hybridized carbons (Fsp3) is 0.700. The standard InChI is InChI=1S/C20H32N4O3.HI/c1-21-19(25)13-16-5-9-24(10-6-16)20(23-14-17-7-12-26-15-17)22-8-4-18-3-2-11-27-18;/h2-3,11,16-17H,4-10,12-15H2,1H3,(H,21,25)(H,22,23);1H. The highest BCUT2D eigenvalue weighted by molar-refractivity contribution is 14.0. The minimum Gasteiger partial charge on any atom is -0.469 e. The summed E-state index contributed by atoms with van der Waals surface area (Å²) in [4.78, 5) is 18.8. The second-order valence-corrected chi connectivity index (χ2v) is 7.46. The number of hydrogen-bond acceptors (Lipinski definition) is 4. The molecule has 2 fully saturated rings. The lowest BCUT2D eigenvalue weighted by Crippen LogP contribution is -2.46. The molecule has 1 aromatic heterocycles. The minimum atomic E-state index is 0. The number of aliphatic imine (C=N–C) groups is 1. The van der Waals surface area contributed by atoms with Gasteiger partial charge >= 0.3 is 0 Å². The molecule has 3 rings (SSSR count). The van der Waals surface area contributed by atoms with Crippen molar-refractivity contribution in [2.75, 3.05) is 46.4 Å². The zero-order chi connectivity index (χ0) is 18.9. The molecule has 2 aliphatic heterocycles. The third kappa shape index (κ3) is 7.27. The van der Waals surface area contributed by atoms with Crippen LogP contribution in [-0.2, 0) is 16.0 Å². The summed E-state index contributed by atoms with van der Waals surface area (Å²) in [5.41, 5.74) is 0. The average Bonchev–Trinajstić information content (AvgIpc) is 3.39. The highest BCUT2D eigenvalue weighted by Gasteiger charge is 2.24. The lowest BCUT2D eigenvalue weighted by atomic mass is 9.93. The predicted molar refractivity (Wildman–Crippen MR) is 120 cm³/mol. The molecule has 2 aliphatic rings. The van der Waals surface area contributed by atoms with E-state index in [0.29, 0.717) is 18.3 Å². The van der Waals surface area contributed by atoms with Crippen molar-refractivity contribution in [3.8, 4) is 0 Å². The van der Waals surface area contributed by atoms with Crippen LogP contribution in [0.2, 0.25) is 0 Å². The molecular formula is C20H33IN4O3. The Kier molecular flexibility index (Phi) is 10.1. The number of hydrogen-bond donors (Lipinski definition) is 2. The first kappa shape index (κ1) is 23.0. The maximum atomic E-state index is 11.6. The number of halogens is 1. The summed E-state index contributed by atoms with van der Waals surface area (Å²) < 4.78 is 10.9. The Morgan fingerprint density at radius 1 is 1.29 bits per heavy atom. The number of nitrogens with zero attached hydrogens (tertiary/aromatic N) is 2. The van der Waals surface area contributed by atoms with E-state index in [1.807, 2.05) is 12.1 Å². The second-order valence-electron chi connectivity index (χ2n) is 7.46. The first-order valence-electron chi connectivity index (χ1n) is 10.1. The molecule has 158 valence electrons. The van der Waals surface area contributed by atoms with Crippen molar-refractivity contribution in [1.29, 1.82) is 0 Å². The van der Waals surface area contributed by atoms with Gasteiger partial charge in [0.1, 0.15) is 5.76 Å². The molecule has 2 N–H and O–H groups in total. The number of rotatable bonds is 7. The maximum absolute atomic E-state index is 11.6. The molecule has 0 aliphatic carbocycles. The zero-order valence-electron chi connectivity index (χ0n) is 16.7. The largest absolute Gasteiger partial charge is 0.469 e. The molecule has 0 radical (unpaired) electrons. The van der Waals surface area contributed by atoms with Crippen LogP contribution < -0.4 is 10.6 Å². The Morgan fingerprint density at radius 3 is 2.75 bits per heavy atom. The molecular weight excluding hydrogens is 471 g/mol. The lowest BCUT2D eigenvalue weighted by Gasteiger charge is -2.34. The average molecular weight is 504 g/mol. The van der Waals surface area contributed by atoms with E-state index >= 15 is 0 Å².